The third-order valence-electron chi connectivity index (χ3n) is 3.29. The first-order valence-corrected chi connectivity index (χ1v) is 7.23. The van der Waals surface area contributed by atoms with Crippen molar-refractivity contribution in [3.63, 3.8) is 0 Å². The molecule has 1 aliphatic rings. The molecule has 21 heavy (non-hydrogen) atoms. The molecule has 3 rings (SSSR count). The number of fused-ring (bicyclic) bond motifs is 1. The molecule has 0 saturated carbocycles. The van der Waals surface area contributed by atoms with Crippen LogP contribution < -0.4 is 5.32 Å². The third kappa shape index (κ3) is 2.99. The second-order valence-electron chi connectivity index (χ2n) is 4.81. The van der Waals surface area contributed by atoms with Crippen molar-refractivity contribution < 1.29 is 9.13 Å². The highest BCUT2D eigenvalue weighted by Gasteiger charge is 2.19. The second kappa shape index (κ2) is 5.95. The second-order valence-corrected chi connectivity index (χ2v) is 5.25. The first-order chi connectivity index (χ1) is 10.2. The summed E-state index contributed by atoms with van der Waals surface area (Å²) < 4.78 is 19.0. The molecule has 4 nitrogen and oxygen atoms in total. The van der Waals surface area contributed by atoms with Crippen LogP contribution in [-0.4, -0.2) is 23.1 Å². The number of anilines is 1. The maximum atomic E-state index is 13.5. The summed E-state index contributed by atoms with van der Waals surface area (Å²) in [7, 11) is 0. The van der Waals surface area contributed by atoms with Crippen LogP contribution in [0, 0.1) is 5.82 Å². The van der Waals surface area contributed by atoms with E-state index in [1.54, 1.807) is 6.07 Å². The molecule has 0 bridgehead atoms. The van der Waals surface area contributed by atoms with Crippen LogP contribution in [0.15, 0.2) is 18.2 Å². The van der Waals surface area contributed by atoms with Gasteiger partial charge in [-0.2, -0.15) is 0 Å². The molecule has 0 radical (unpaired) electrons. The maximum Gasteiger partial charge on any atom is 0.161 e. The fourth-order valence-electron chi connectivity index (χ4n) is 2.36. The van der Waals surface area contributed by atoms with Gasteiger partial charge < -0.3 is 10.1 Å². The van der Waals surface area contributed by atoms with Crippen LogP contribution >= 0.6 is 11.6 Å². The van der Waals surface area contributed by atoms with E-state index in [9.17, 15) is 4.39 Å². The van der Waals surface area contributed by atoms with E-state index in [4.69, 9.17) is 16.3 Å². The number of rotatable bonds is 3. The van der Waals surface area contributed by atoms with E-state index in [0.717, 1.165) is 30.0 Å². The number of halogens is 2. The number of ether oxygens (including phenoxy) is 1. The van der Waals surface area contributed by atoms with Crippen LogP contribution in [0.4, 0.5) is 10.2 Å². The van der Waals surface area contributed by atoms with Crippen molar-refractivity contribution in [2.75, 3.05) is 18.5 Å². The van der Waals surface area contributed by atoms with Gasteiger partial charge in [-0.25, -0.2) is 14.4 Å². The summed E-state index contributed by atoms with van der Waals surface area (Å²) in [5, 5.41) is 3.55. The summed E-state index contributed by atoms with van der Waals surface area (Å²) in [5.41, 5.74) is 2.50. The molecule has 1 N–H and O–H groups in total. The summed E-state index contributed by atoms with van der Waals surface area (Å²) in [6.45, 7) is 3.88. The Hall–Kier alpha value is -1.72. The summed E-state index contributed by atoms with van der Waals surface area (Å²) in [6, 6.07) is 4.33. The van der Waals surface area contributed by atoms with Crippen molar-refractivity contribution in [1.82, 2.24) is 9.97 Å². The number of nitrogens with one attached hydrogen (secondary N) is 1. The van der Waals surface area contributed by atoms with E-state index in [2.05, 4.69) is 15.3 Å². The summed E-state index contributed by atoms with van der Waals surface area (Å²) in [6.07, 6.45) is 0.728. The number of benzene rings is 1. The van der Waals surface area contributed by atoms with Crippen LogP contribution in [0.2, 0.25) is 5.02 Å². The zero-order chi connectivity index (χ0) is 14.8. The van der Waals surface area contributed by atoms with Gasteiger partial charge in [0.25, 0.3) is 0 Å². The fraction of sp³-hybridized carbons (Fsp3) is 0.333. The van der Waals surface area contributed by atoms with Crippen molar-refractivity contribution in [2.24, 2.45) is 0 Å². The van der Waals surface area contributed by atoms with E-state index >= 15 is 0 Å². The van der Waals surface area contributed by atoms with Crippen molar-refractivity contribution >= 4 is 17.4 Å². The first-order valence-electron chi connectivity index (χ1n) is 6.85. The van der Waals surface area contributed by atoms with E-state index in [-0.39, 0.29) is 0 Å². The number of hydrogen-bond donors (Lipinski definition) is 1. The molecule has 0 aliphatic carbocycles. The van der Waals surface area contributed by atoms with E-state index in [0.29, 0.717) is 29.6 Å². The minimum Gasteiger partial charge on any atom is -0.376 e. The molecular weight excluding hydrogens is 293 g/mol. The van der Waals surface area contributed by atoms with Crippen LogP contribution in [0.25, 0.3) is 11.4 Å². The number of nitrogens with zero attached hydrogens (tertiary/aromatic N) is 2. The Kier molecular flexibility index (Phi) is 4.03. The Morgan fingerprint density at radius 3 is 2.95 bits per heavy atom. The van der Waals surface area contributed by atoms with Gasteiger partial charge in [-0.1, -0.05) is 11.6 Å². The smallest absolute Gasteiger partial charge is 0.161 e. The molecule has 1 aromatic heterocycles. The van der Waals surface area contributed by atoms with Crippen LogP contribution in [0.3, 0.4) is 0 Å². The largest absolute Gasteiger partial charge is 0.376 e. The first kappa shape index (κ1) is 14.2. The van der Waals surface area contributed by atoms with Crippen LogP contribution in [0.1, 0.15) is 18.2 Å². The number of hydrogen-bond acceptors (Lipinski definition) is 4. The van der Waals surface area contributed by atoms with Crippen LogP contribution in [-0.2, 0) is 17.8 Å². The van der Waals surface area contributed by atoms with Gasteiger partial charge in [-0.05, 0) is 25.1 Å². The zero-order valence-electron chi connectivity index (χ0n) is 11.6. The van der Waals surface area contributed by atoms with Gasteiger partial charge >= 0.3 is 0 Å². The lowest BCUT2D eigenvalue weighted by atomic mass is 10.1. The van der Waals surface area contributed by atoms with Gasteiger partial charge in [-0.15, -0.1) is 0 Å². The molecular formula is C15H15ClFN3O. The van der Waals surface area contributed by atoms with Crippen molar-refractivity contribution in [3.8, 4) is 11.4 Å². The molecule has 2 aromatic rings. The zero-order valence-corrected chi connectivity index (χ0v) is 12.4. The molecule has 6 heteroatoms. The Morgan fingerprint density at radius 1 is 1.33 bits per heavy atom. The highest BCUT2D eigenvalue weighted by Crippen LogP contribution is 2.28. The molecule has 2 heterocycles. The molecule has 0 unspecified atom stereocenters. The lowest BCUT2D eigenvalue weighted by Gasteiger charge is -2.20. The molecule has 0 spiro atoms. The SMILES string of the molecule is CCNc1nc(-c2cc(F)cc(Cl)c2)nc2c1COCC2. The minimum atomic E-state index is -0.396. The fourth-order valence-corrected chi connectivity index (χ4v) is 2.58. The quantitative estimate of drug-likeness (QED) is 0.943. The molecule has 1 aliphatic heterocycles. The molecule has 1 aromatic carbocycles. The monoisotopic (exact) mass is 307 g/mol. The predicted molar refractivity (Wildman–Crippen MR) is 80.0 cm³/mol. The highest BCUT2D eigenvalue weighted by atomic mass is 35.5. The van der Waals surface area contributed by atoms with Crippen molar-refractivity contribution in [3.05, 3.63) is 40.3 Å². The third-order valence-corrected chi connectivity index (χ3v) is 3.51. The van der Waals surface area contributed by atoms with Gasteiger partial charge in [0.15, 0.2) is 5.82 Å². The maximum absolute atomic E-state index is 13.5. The minimum absolute atomic E-state index is 0.333. The van der Waals surface area contributed by atoms with E-state index in [1.807, 2.05) is 6.92 Å². The molecule has 0 saturated heterocycles. The van der Waals surface area contributed by atoms with Gasteiger partial charge in [0, 0.05) is 29.1 Å². The van der Waals surface area contributed by atoms with Gasteiger partial charge in [-0.3, -0.25) is 0 Å². The van der Waals surface area contributed by atoms with Crippen LogP contribution in [0.5, 0.6) is 0 Å². The predicted octanol–water partition coefficient (Wildman–Crippen LogP) is 3.44. The number of aromatic nitrogens is 2. The molecule has 0 fully saturated rings. The Labute approximate surface area is 127 Å². The molecule has 0 amide bonds. The standard InChI is InChI=1S/C15H15ClFN3O/c1-2-18-15-12-8-21-4-3-13(12)19-14(20-15)9-5-10(16)7-11(17)6-9/h5-7H,2-4,8H2,1H3,(H,18,19,20). The molecule has 0 atom stereocenters. The summed E-state index contributed by atoms with van der Waals surface area (Å²) in [4.78, 5) is 9.05. The summed E-state index contributed by atoms with van der Waals surface area (Å²) >= 11 is 5.91. The van der Waals surface area contributed by atoms with Gasteiger partial charge in [0.2, 0.25) is 0 Å². The van der Waals surface area contributed by atoms with E-state index in [1.165, 1.54) is 12.1 Å². The Balaban J connectivity index is 2.12. The van der Waals surface area contributed by atoms with Gasteiger partial charge in [0.1, 0.15) is 11.6 Å². The van der Waals surface area contributed by atoms with E-state index < -0.39 is 5.82 Å². The lowest BCUT2D eigenvalue weighted by Crippen LogP contribution is -2.17. The topological polar surface area (TPSA) is 47.0 Å². The van der Waals surface area contributed by atoms with Crippen molar-refractivity contribution in [2.45, 2.75) is 20.0 Å². The average molecular weight is 308 g/mol. The Bertz CT molecular complexity index is 658. The Morgan fingerprint density at radius 2 is 2.19 bits per heavy atom. The highest BCUT2D eigenvalue weighted by molar-refractivity contribution is 6.30. The molecule has 110 valence electrons. The summed E-state index contributed by atoms with van der Waals surface area (Å²) in [5.74, 6) is 0.831. The lowest BCUT2D eigenvalue weighted by molar-refractivity contribution is 0.109. The normalized spacial score (nSPS) is 13.9. The van der Waals surface area contributed by atoms with Gasteiger partial charge in [0.05, 0.1) is 18.9 Å². The van der Waals surface area contributed by atoms with Crippen molar-refractivity contribution in [1.29, 1.82) is 0 Å². The average Bonchev–Trinajstić information content (AvgIpc) is 2.46.